The van der Waals surface area contributed by atoms with Gasteiger partial charge in [0.05, 0.1) is 11.1 Å². The summed E-state index contributed by atoms with van der Waals surface area (Å²) >= 11 is 0. The second kappa shape index (κ2) is 10.3. The van der Waals surface area contributed by atoms with Crippen LogP contribution in [-0.4, -0.2) is 37.9 Å². The zero-order chi connectivity index (χ0) is 24.2. The lowest BCUT2D eigenvalue weighted by molar-refractivity contribution is 0.0710. The zero-order valence-corrected chi connectivity index (χ0v) is 20.6. The van der Waals surface area contributed by atoms with Gasteiger partial charge in [-0.2, -0.15) is 0 Å². The molecule has 0 saturated carbocycles. The average molecular weight is 463 g/mol. The molecule has 2 aromatic rings. The van der Waals surface area contributed by atoms with Crippen molar-refractivity contribution in [3.8, 4) is 5.75 Å². The van der Waals surface area contributed by atoms with Gasteiger partial charge in [-0.1, -0.05) is 27.7 Å². The van der Waals surface area contributed by atoms with E-state index < -0.39 is 5.97 Å². The van der Waals surface area contributed by atoms with Crippen LogP contribution in [0.1, 0.15) is 79.7 Å². The number of hydrogen-bond donors (Lipinski definition) is 0. The molecule has 2 aliphatic heterocycles. The van der Waals surface area contributed by atoms with Gasteiger partial charge in [0, 0.05) is 49.2 Å². The third kappa shape index (κ3) is 4.41. The van der Waals surface area contributed by atoms with E-state index in [2.05, 4.69) is 37.5 Å². The SMILES string of the molecule is CCCN(CCC)c1ccc2c(c1)O/C(=C1\OC(=O)c3ccc(N(CCC)CCC)cc31)C2=O. The Morgan fingerprint density at radius 1 is 0.618 bits per heavy atom. The molecule has 0 N–H and O–H groups in total. The first kappa shape index (κ1) is 23.9. The van der Waals surface area contributed by atoms with Crippen molar-refractivity contribution in [2.45, 2.75) is 53.4 Å². The standard InChI is InChI=1S/C28H34N2O4/c1-5-13-29(14-6-2)19-9-11-21-23(17-19)26(34-28(21)32)27-25(31)22-12-10-20(18-24(22)33-27)30(15-7-3)16-8-4/h9-12,17-18H,5-8,13-16H2,1-4H3/b27-26-. The Hall–Kier alpha value is -3.28. The van der Waals surface area contributed by atoms with Crippen molar-refractivity contribution in [1.82, 2.24) is 0 Å². The predicted octanol–water partition coefficient (Wildman–Crippen LogP) is 6.05. The molecule has 4 rings (SSSR count). The maximum Gasteiger partial charge on any atom is 0.344 e. The van der Waals surface area contributed by atoms with E-state index in [9.17, 15) is 9.59 Å². The van der Waals surface area contributed by atoms with Crippen molar-refractivity contribution in [3.63, 3.8) is 0 Å². The summed E-state index contributed by atoms with van der Waals surface area (Å²) in [4.78, 5) is 30.4. The van der Waals surface area contributed by atoms with Crippen LogP contribution < -0.4 is 14.5 Å². The lowest BCUT2D eigenvalue weighted by Crippen LogP contribution is -2.24. The highest BCUT2D eigenvalue weighted by Crippen LogP contribution is 2.41. The van der Waals surface area contributed by atoms with Crippen molar-refractivity contribution < 1.29 is 19.1 Å². The number of carbonyl (C=O) groups is 2. The smallest absolute Gasteiger partial charge is 0.344 e. The first-order valence-corrected chi connectivity index (χ1v) is 12.5. The van der Waals surface area contributed by atoms with Gasteiger partial charge in [-0.3, -0.25) is 4.79 Å². The van der Waals surface area contributed by atoms with Gasteiger partial charge in [-0.05, 0) is 56.0 Å². The Morgan fingerprint density at radius 2 is 1.15 bits per heavy atom. The molecule has 0 amide bonds. The number of nitrogens with zero attached hydrogens (tertiary/aromatic N) is 2. The highest BCUT2D eigenvalue weighted by atomic mass is 16.6. The van der Waals surface area contributed by atoms with Crippen molar-refractivity contribution >= 4 is 28.9 Å². The molecule has 2 heterocycles. The minimum atomic E-state index is -0.452. The Bertz CT molecular complexity index is 1110. The highest BCUT2D eigenvalue weighted by Gasteiger charge is 2.38. The first-order chi connectivity index (χ1) is 16.5. The van der Waals surface area contributed by atoms with Gasteiger partial charge in [0.25, 0.3) is 0 Å². The molecule has 0 unspecified atom stereocenters. The van der Waals surface area contributed by atoms with E-state index in [0.717, 1.165) is 63.2 Å². The highest BCUT2D eigenvalue weighted by molar-refractivity contribution is 6.18. The number of anilines is 2. The number of fused-ring (bicyclic) bond motifs is 2. The van der Waals surface area contributed by atoms with E-state index in [0.29, 0.717) is 22.4 Å². The monoisotopic (exact) mass is 462 g/mol. The molecular formula is C28H34N2O4. The summed E-state index contributed by atoms with van der Waals surface area (Å²) in [5.74, 6) is 0.121. The van der Waals surface area contributed by atoms with Crippen LogP contribution in [0.3, 0.4) is 0 Å². The van der Waals surface area contributed by atoms with E-state index in [1.165, 1.54) is 0 Å². The first-order valence-electron chi connectivity index (χ1n) is 12.5. The molecule has 2 aliphatic rings. The Labute approximate surface area is 202 Å². The van der Waals surface area contributed by atoms with Gasteiger partial charge >= 0.3 is 5.97 Å². The summed E-state index contributed by atoms with van der Waals surface area (Å²) in [6.45, 7) is 12.3. The normalized spacial score (nSPS) is 16.2. The topological polar surface area (TPSA) is 59.1 Å². The molecular weight excluding hydrogens is 428 g/mol. The van der Waals surface area contributed by atoms with Crippen molar-refractivity contribution in [3.05, 3.63) is 58.8 Å². The summed E-state index contributed by atoms with van der Waals surface area (Å²) in [5.41, 5.74) is 3.62. The number of ketones is 1. The number of hydrogen-bond acceptors (Lipinski definition) is 6. The Kier molecular flexibility index (Phi) is 7.25. The van der Waals surface area contributed by atoms with Crippen LogP contribution in [0.2, 0.25) is 0 Å². The van der Waals surface area contributed by atoms with Crippen LogP contribution in [0.15, 0.2) is 42.2 Å². The largest absolute Gasteiger partial charge is 0.448 e. The van der Waals surface area contributed by atoms with Crippen LogP contribution >= 0.6 is 0 Å². The van der Waals surface area contributed by atoms with E-state index >= 15 is 0 Å². The summed E-state index contributed by atoms with van der Waals surface area (Å²) in [5, 5.41) is 0. The van der Waals surface area contributed by atoms with Gasteiger partial charge in [-0.15, -0.1) is 0 Å². The van der Waals surface area contributed by atoms with Gasteiger partial charge in [0.1, 0.15) is 5.75 Å². The Morgan fingerprint density at radius 3 is 1.71 bits per heavy atom. The molecule has 0 radical (unpaired) electrons. The van der Waals surface area contributed by atoms with Gasteiger partial charge in [0.2, 0.25) is 11.5 Å². The number of rotatable bonds is 10. The molecule has 0 saturated heterocycles. The van der Waals surface area contributed by atoms with E-state index in [1.54, 1.807) is 6.07 Å². The summed E-state index contributed by atoms with van der Waals surface area (Å²) < 4.78 is 11.7. The van der Waals surface area contributed by atoms with Crippen molar-refractivity contribution in [2.75, 3.05) is 36.0 Å². The fourth-order valence-corrected chi connectivity index (χ4v) is 4.69. The maximum atomic E-state index is 13.3. The van der Waals surface area contributed by atoms with Gasteiger partial charge in [0.15, 0.2) is 5.76 Å². The van der Waals surface area contributed by atoms with Gasteiger partial charge in [-0.25, -0.2) is 4.79 Å². The van der Waals surface area contributed by atoms with Gasteiger partial charge < -0.3 is 19.3 Å². The molecule has 2 aromatic carbocycles. The lowest BCUT2D eigenvalue weighted by atomic mass is 10.0. The molecule has 0 fully saturated rings. The quantitative estimate of drug-likeness (QED) is 0.316. The van der Waals surface area contributed by atoms with Crippen LogP contribution in [0, 0.1) is 0 Å². The zero-order valence-electron chi connectivity index (χ0n) is 20.6. The number of esters is 1. The van der Waals surface area contributed by atoms with Crippen LogP contribution in [-0.2, 0) is 4.74 Å². The fraction of sp³-hybridized carbons (Fsp3) is 0.429. The number of benzene rings is 2. The van der Waals surface area contributed by atoms with Crippen molar-refractivity contribution in [1.29, 1.82) is 0 Å². The molecule has 0 aromatic heterocycles. The summed E-state index contributed by atoms with van der Waals surface area (Å²) in [7, 11) is 0. The molecule has 0 aliphatic carbocycles. The number of Topliss-reactive ketones (excluding diaryl/α,β-unsaturated/α-hetero) is 1. The molecule has 0 atom stereocenters. The van der Waals surface area contributed by atoms with E-state index in [1.807, 2.05) is 30.3 Å². The van der Waals surface area contributed by atoms with E-state index in [4.69, 9.17) is 9.47 Å². The maximum absolute atomic E-state index is 13.3. The van der Waals surface area contributed by atoms with Crippen LogP contribution in [0.5, 0.6) is 5.75 Å². The number of cyclic esters (lactones) is 1. The molecule has 6 nitrogen and oxygen atoms in total. The van der Waals surface area contributed by atoms with Crippen molar-refractivity contribution in [2.24, 2.45) is 0 Å². The Balaban J connectivity index is 1.71. The lowest BCUT2D eigenvalue weighted by Gasteiger charge is -2.24. The van der Waals surface area contributed by atoms with Crippen LogP contribution in [0.25, 0.3) is 5.76 Å². The number of allylic oxidation sites excluding steroid dienone is 1. The molecule has 34 heavy (non-hydrogen) atoms. The third-order valence-corrected chi connectivity index (χ3v) is 6.20. The fourth-order valence-electron chi connectivity index (χ4n) is 4.69. The summed E-state index contributed by atoms with van der Waals surface area (Å²) in [6, 6.07) is 11.4. The molecule has 0 spiro atoms. The molecule has 0 bridgehead atoms. The van der Waals surface area contributed by atoms with Crippen LogP contribution in [0.4, 0.5) is 11.4 Å². The predicted molar refractivity (Wildman–Crippen MR) is 136 cm³/mol. The average Bonchev–Trinajstić information content (AvgIpc) is 3.34. The number of carbonyl (C=O) groups excluding carboxylic acids is 2. The summed E-state index contributed by atoms with van der Waals surface area (Å²) in [6.07, 6.45) is 4.11. The number of ether oxygens (including phenoxy) is 2. The van der Waals surface area contributed by atoms with E-state index in [-0.39, 0.29) is 17.3 Å². The second-order valence-corrected chi connectivity index (χ2v) is 8.86. The molecule has 6 heteroatoms. The minimum absolute atomic E-state index is 0.0893. The molecule has 180 valence electrons. The third-order valence-electron chi connectivity index (χ3n) is 6.20. The minimum Gasteiger partial charge on any atom is -0.448 e. The second-order valence-electron chi connectivity index (χ2n) is 8.86.